The van der Waals surface area contributed by atoms with Crippen molar-refractivity contribution in [2.45, 2.75) is 45.7 Å². The molecule has 0 unspecified atom stereocenters. The van der Waals surface area contributed by atoms with Crippen molar-refractivity contribution in [2.24, 2.45) is 0 Å². The number of nitrogens with one attached hydrogen (secondary N) is 1. The van der Waals surface area contributed by atoms with E-state index in [1.807, 2.05) is 16.9 Å². The van der Waals surface area contributed by atoms with Crippen LogP contribution in [-0.2, 0) is 11.3 Å². The van der Waals surface area contributed by atoms with E-state index in [9.17, 15) is 4.79 Å². The Kier molecular flexibility index (Phi) is 6.56. The lowest BCUT2D eigenvalue weighted by Crippen LogP contribution is -2.26. The average molecular weight is 266 g/mol. The van der Waals surface area contributed by atoms with Gasteiger partial charge in [0.2, 0.25) is 5.91 Å². The Balaban J connectivity index is 2.32. The van der Waals surface area contributed by atoms with E-state index in [-0.39, 0.29) is 5.91 Å². The van der Waals surface area contributed by atoms with Crippen LogP contribution >= 0.6 is 0 Å². The number of carbonyl (C=O) groups is 1. The molecule has 0 fully saturated rings. The molecule has 1 aromatic rings. The van der Waals surface area contributed by atoms with E-state index in [2.05, 4.69) is 24.3 Å². The molecule has 108 valence electrons. The standard InChI is InChI=1S/C14H26N4O/c1-5-13(6-2)18-10-8-12(16-18)11-15-9-7-14(19)17(3)4/h8,10,13,15H,5-7,9,11H2,1-4H3. The number of carbonyl (C=O) groups excluding carboxylic acids is 1. The van der Waals surface area contributed by atoms with E-state index in [0.717, 1.165) is 18.5 Å². The Bertz CT molecular complexity index is 383. The molecule has 0 aliphatic rings. The number of rotatable bonds is 8. The lowest BCUT2D eigenvalue weighted by molar-refractivity contribution is -0.128. The summed E-state index contributed by atoms with van der Waals surface area (Å²) in [5.74, 6) is 0.148. The fourth-order valence-corrected chi connectivity index (χ4v) is 1.97. The smallest absolute Gasteiger partial charge is 0.223 e. The highest BCUT2D eigenvalue weighted by Gasteiger charge is 2.08. The summed E-state index contributed by atoms with van der Waals surface area (Å²) < 4.78 is 2.04. The van der Waals surface area contributed by atoms with Gasteiger partial charge in [-0.05, 0) is 18.9 Å². The normalized spacial score (nSPS) is 11.0. The number of hydrogen-bond acceptors (Lipinski definition) is 3. The van der Waals surface area contributed by atoms with Crippen LogP contribution in [0, 0.1) is 0 Å². The maximum absolute atomic E-state index is 11.4. The predicted molar refractivity (Wildman–Crippen MR) is 76.9 cm³/mol. The van der Waals surface area contributed by atoms with E-state index in [4.69, 9.17) is 0 Å². The van der Waals surface area contributed by atoms with Gasteiger partial charge >= 0.3 is 0 Å². The van der Waals surface area contributed by atoms with Crippen LogP contribution in [0.5, 0.6) is 0 Å². The van der Waals surface area contributed by atoms with Crippen molar-refractivity contribution >= 4 is 5.91 Å². The van der Waals surface area contributed by atoms with Gasteiger partial charge in [0.15, 0.2) is 0 Å². The molecule has 0 aromatic carbocycles. The maximum atomic E-state index is 11.4. The highest BCUT2D eigenvalue weighted by Crippen LogP contribution is 2.14. The van der Waals surface area contributed by atoms with Crippen molar-refractivity contribution < 1.29 is 4.79 Å². The summed E-state index contributed by atoms with van der Waals surface area (Å²) in [4.78, 5) is 13.0. The molecule has 0 spiro atoms. The van der Waals surface area contributed by atoms with Crippen molar-refractivity contribution in [1.29, 1.82) is 0 Å². The van der Waals surface area contributed by atoms with Crippen molar-refractivity contribution in [3.05, 3.63) is 18.0 Å². The Hall–Kier alpha value is -1.36. The van der Waals surface area contributed by atoms with Crippen molar-refractivity contribution in [3.8, 4) is 0 Å². The van der Waals surface area contributed by atoms with Crippen LogP contribution < -0.4 is 5.32 Å². The summed E-state index contributed by atoms with van der Waals surface area (Å²) in [5, 5.41) is 7.82. The van der Waals surface area contributed by atoms with Crippen LogP contribution in [0.4, 0.5) is 0 Å². The van der Waals surface area contributed by atoms with Gasteiger partial charge in [-0.2, -0.15) is 5.10 Å². The van der Waals surface area contributed by atoms with Crippen molar-refractivity contribution in [2.75, 3.05) is 20.6 Å². The summed E-state index contributed by atoms with van der Waals surface area (Å²) in [6, 6.07) is 2.53. The van der Waals surface area contributed by atoms with Gasteiger partial charge in [-0.1, -0.05) is 13.8 Å². The first-order chi connectivity index (χ1) is 9.08. The Morgan fingerprint density at radius 1 is 1.42 bits per heavy atom. The van der Waals surface area contributed by atoms with E-state index >= 15 is 0 Å². The zero-order valence-corrected chi connectivity index (χ0v) is 12.5. The Morgan fingerprint density at radius 2 is 2.11 bits per heavy atom. The second-order valence-electron chi connectivity index (χ2n) is 4.97. The van der Waals surface area contributed by atoms with Crippen LogP contribution in [0.25, 0.3) is 0 Å². The second-order valence-corrected chi connectivity index (χ2v) is 4.97. The summed E-state index contributed by atoms with van der Waals surface area (Å²) in [6.45, 7) is 5.77. The summed E-state index contributed by atoms with van der Waals surface area (Å²) in [6.07, 6.45) is 4.77. The first kappa shape index (κ1) is 15.7. The van der Waals surface area contributed by atoms with Crippen LogP contribution in [0.1, 0.15) is 44.8 Å². The molecule has 0 aliphatic heterocycles. The molecule has 0 saturated carbocycles. The van der Waals surface area contributed by atoms with Crippen LogP contribution in [0.2, 0.25) is 0 Å². The van der Waals surface area contributed by atoms with Gasteiger partial charge in [0.05, 0.1) is 11.7 Å². The van der Waals surface area contributed by atoms with Gasteiger partial charge in [-0.3, -0.25) is 9.48 Å². The SMILES string of the molecule is CCC(CC)n1ccc(CNCCC(=O)N(C)C)n1. The van der Waals surface area contributed by atoms with E-state index in [0.29, 0.717) is 25.6 Å². The topological polar surface area (TPSA) is 50.2 Å². The molecule has 5 heteroatoms. The van der Waals surface area contributed by atoms with Gasteiger partial charge in [0.1, 0.15) is 0 Å². The minimum Gasteiger partial charge on any atom is -0.349 e. The number of aromatic nitrogens is 2. The maximum Gasteiger partial charge on any atom is 0.223 e. The Morgan fingerprint density at radius 3 is 2.68 bits per heavy atom. The lowest BCUT2D eigenvalue weighted by Gasteiger charge is -2.12. The summed E-state index contributed by atoms with van der Waals surface area (Å²) in [5.41, 5.74) is 1.03. The fourth-order valence-electron chi connectivity index (χ4n) is 1.97. The molecule has 5 nitrogen and oxygen atoms in total. The first-order valence-electron chi connectivity index (χ1n) is 7.03. The number of amides is 1. The first-order valence-corrected chi connectivity index (χ1v) is 7.03. The largest absolute Gasteiger partial charge is 0.349 e. The van der Waals surface area contributed by atoms with Crippen LogP contribution in [0.15, 0.2) is 12.3 Å². The van der Waals surface area contributed by atoms with E-state index < -0.39 is 0 Å². The second kappa shape index (κ2) is 7.94. The molecule has 0 saturated heterocycles. The quantitative estimate of drug-likeness (QED) is 0.730. The average Bonchev–Trinajstić information content (AvgIpc) is 2.84. The predicted octanol–water partition coefficient (Wildman–Crippen LogP) is 1.81. The molecule has 1 heterocycles. The van der Waals surface area contributed by atoms with E-state index in [1.54, 1.807) is 19.0 Å². The zero-order valence-electron chi connectivity index (χ0n) is 12.5. The minimum absolute atomic E-state index is 0.148. The molecule has 1 rings (SSSR count). The van der Waals surface area contributed by atoms with Crippen LogP contribution in [0.3, 0.4) is 0 Å². The number of hydrogen-bond donors (Lipinski definition) is 1. The van der Waals surface area contributed by atoms with Crippen molar-refractivity contribution in [3.63, 3.8) is 0 Å². The van der Waals surface area contributed by atoms with Gasteiger partial charge in [0.25, 0.3) is 0 Å². The number of nitrogens with zero attached hydrogens (tertiary/aromatic N) is 3. The highest BCUT2D eigenvalue weighted by atomic mass is 16.2. The van der Waals surface area contributed by atoms with Gasteiger partial charge < -0.3 is 10.2 Å². The van der Waals surface area contributed by atoms with Crippen molar-refractivity contribution in [1.82, 2.24) is 20.0 Å². The molecule has 1 N–H and O–H groups in total. The molecular weight excluding hydrogens is 240 g/mol. The lowest BCUT2D eigenvalue weighted by atomic mass is 10.2. The van der Waals surface area contributed by atoms with Gasteiger partial charge in [0, 0.05) is 39.8 Å². The molecule has 0 radical (unpaired) electrons. The third-order valence-electron chi connectivity index (χ3n) is 3.30. The zero-order chi connectivity index (χ0) is 14.3. The third-order valence-corrected chi connectivity index (χ3v) is 3.30. The molecule has 0 bridgehead atoms. The minimum atomic E-state index is 0.148. The third kappa shape index (κ3) is 5.03. The fraction of sp³-hybridized carbons (Fsp3) is 0.714. The molecule has 0 aliphatic carbocycles. The van der Waals surface area contributed by atoms with Gasteiger partial charge in [-0.15, -0.1) is 0 Å². The highest BCUT2D eigenvalue weighted by molar-refractivity contribution is 5.75. The molecule has 1 aromatic heterocycles. The monoisotopic (exact) mass is 266 g/mol. The summed E-state index contributed by atoms with van der Waals surface area (Å²) in [7, 11) is 3.55. The molecular formula is C14H26N4O. The molecule has 19 heavy (non-hydrogen) atoms. The van der Waals surface area contributed by atoms with Crippen LogP contribution in [-0.4, -0.2) is 41.2 Å². The molecule has 1 amide bonds. The van der Waals surface area contributed by atoms with E-state index in [1.165, 1.54) is 0 Å². The Labute approximate surface area is 116 Å². The molecule has 0 atom stereocenters. The van der Waals surface area contributed by atoms with Gasteiger partial charge in [-0.25, -0.2) is 0 Å². The summed E-state index contributed by atoms with van der Waals surface area (Å²) >= 11 is 0.